The van der Waals surface area contributed by atoms with Crippen molar-refractivity contribution >= 4 is 23.1 Å². The first-order valence-corrected chi connectivity index (χ1v) is 5.80. The minimum atomic E-state index is -2.90. The van der Waals surface area contributed by atoms with Crippen molar-refractivity contribution < 1.29 is 18.3 Å². The first-order valence-electron chi connectivity index (χ1n) is 5.39. The van der Waals surface area contributed by atoms with E-state index in [9.17, 15) is 13.6 Å². The van der Waals surface area contributed by atoms with Crippen molar-refractivity contribution in [2.75, 3.05) is 0 Å². The zero-order valence-corrected chi connectivity index (χ0v) is 11.3. The van der Waals surface area contributed by atoms with Gasteiger partial charge in [0.2, 0.25) is 0 Å². The van der Waals surface area contributed by atoms with Gasteiger partial charge in [-0.25, -0.2) is 0 Å². The average molecular weight is 288 g/mol. The molecule has 0 fully saturated rings. The maximum absolute atomic E-state index is 12.0. The van der Waals surface area contributed by atoms with Crippen LogP contribution in [0.4, 0.5) is 8.78 Å². The summed E-state index contributed by atoms with van der Waals surface area (Å²) in [7, 11) is 0. The third-order valence-electron chi connectivity index (χ3n) is 2.38. The third-order valence-corrected chi connectivity index (χ3v) is 2.89. The molecule has 4 nitrogen and oxygen atoms in total. The SMILES string of the molecule is CC(C)(NC(=O)c1ccc(OC(F)F)cc1)C(N)=S. The van der Waals surface area contributed by atoms with Gasteiger partial charge in [0.1, 0.15) is 5.75 Å². The van der Waals surface area contributed by atoms with Gasteiger partial charge in [0.25, 0.3) is 5.91 Å². The van der Waals surface area contributed by atoms with Gasteiger partial charge in [0.05, 0.1) is 10.5 Å². The number of thiocarbonyl (C=S) groups is 1. The minimum Gasteiger partial charge on any atom is -0.435 e. The highest BCUT2D eigenvalue weighted by molar-refractivity contribution is 7.80. The molecular weight excluding hydrogens is 274 g/mol. The lowest BCUT2D eigenvalue weighted by Crippen LogP contribution is -2.52. The molecule has 0 bridgehead atoms. The van der Waals surface area contributed by atoms with E-state index >= 15 is 0 Å². The molecule has 0 atom stereocenters. The van der Waals surface area contributed by atoms with Crippen molar-refractivity contribution in [1.82, 2.24) is 5.32 Å². The number of carbonyl (C=O) groups is 1. The summed E-state index contributed by atoms with van der Waals surface area (Å²) in [6, 6.07) is 5.33. The molecule has 0 saturated carbocycles. The quantitative estimate of drug-likeness (QED) is 0.814. The summed E-state index contributed by atoms with van der Waals surface area (Å²) in [6.07, 6.45) is 0. The Morgan fingerprint density at radius 2 is 1.89 bits per heavy atom. The molecule has 0 aromatic heterocycles. The number of ether oxygens (including phenoxy) is 1. The molecule has 0 heterocycles. The normalized spacial score (nSPS) is 11.2. The van der Waals surface area contributed by atoms with Crippen LogP contribution in [0.25, 0.3) is 0 Å². The lowest BCUT2D eigenvalue weighted by molar-refractivity contribution is -0.0498. The highest BCUT2D eigenvalue weighted by Crippen LogP contribution is 2.15. The summed E-state index contributed by atoms with van der Waals surface area (Å²) >= 11 is 4.83. The number of nitrogens with two attached hydrogens (primary N) is 1. The predicted molar refractivity (Wildman–Crippen MR) is 71.4 cm³/mol. The van der Waals surface area contributed by atoms with E-state index in [0.29, 0.717) is 5.56 Å². The van der Waals surface area contributed by atoms with Gasteiger partial charge in [-0.15, -0.1) is 0 Å². The number of alkyl halides is 2. The minimum absolute atomic E-state index is 0.0137. The number of nitrogens with one attached hydrogen (secondary N) is 1. The van der Waals surface area contributed by atoms with E-state index in [0.717, 1.165) is 0 Å². The smallest absolute Gasteiger partial charge is 0.387 e. The number of carbonyl (C=O) groups excluding carboxylic acids is 1. The van der Waals surface area contributed by atoms with E-state index in [2.05, 4.69) is 10.1 Å². The number of hydrogen-bond donors (Lipinski definition) is 2. The molecule has 19 heavy (non-hydrogen) atoms. The second-order valence-corrected chi connectivity index (χ2v) is 4.79. The maximum atomic E-state index is 12.0. The molecule has 0 radical (unpaired) electrons. The Labute approximate surface area is 114 Å². The maximum Gasteiger partial charge on any atom is 0.387 e. The standard InChI is InChI=1S/C12H14F2N2O2S/c1-12(2,10(15)19)16-9(17)7-3-5-8(6-4-7)18-11(13)14/h3-6,11H,1-2H3,(H2,15,19)(H,16,17). The molecule has 0 aliphatic heterocycles. The molecule has 3 N–H and O–H groups in total. The molecule has 0 aliphatic carbocycles. The van der Waals surface area contributed by atoms with Gasteiger partial charge in [-0.1, -0.05) is 12.2 Å². The molecular formula is C12H14F2N2O2S. The van der Waals surface area contributed by atoms with Crippen LogP contribution < -0.4 is 15.8 Å². The monoisotopic (exact) mass is 288 g/mol. The highest BCUT2D eigenvalue weighted by Gasteiger charge is 2.24. The summed E-state index contributed by atoms with van der Waals surface area (Å²) in [5, 5.41) is 2.64. The van der Waals surface area contributed by atoms with Gasteiger partial charge in [0.15, 0.2) is 0 Å². The Morgan fingerprint density at radius 1 is 1.37 bits per heavy atom. The molecule has 0 spiro atoms. The summed E-state index contributed by atoms with van der Waals surface area (Å²) in [6.45, 7) is 0.441. The van der Waals surface area contributed by atoms with Crippen LogP contribution in [0, 0.1) is 0 Å². The molecule has 104 valence electrons. The van der Waals surface area contributed by atoms with Crippen LogP contribution in [0.15, 0.2) is 24.3 Å². The van der Waals surface area contributed by atoms with Gasteiger partial charge >= 0.3 is 6.61 Å². The van der Waals surface area contributed by atoms with Gasteiger partial charge < -0.3 is 15.8 Å². The second kappa shape index (κ2) is 5.92. The largest absolute Gasteiger partial charge is 0.435 e. The van der Waals surface area contributed by atoms with E-state index in [1.165, 1.54) is 24.3 Å². The van der Waals surface area contributed by atoms with Crippen LogP contribution in [0.1, 0.15) is 24.2 Å². The van der Waals surface area contributed by atoms with Crippen LogP contribution in [0.2, 0.25) is 0 Å². The van der Waals surface area contributed by atoms with E-state index < -0.39 is 18.1 Å². The van der Waals surface area contributed by atoms with Crippen LogP contribution in [0.3, 0.4) is 0 Å². The Kier molecular flexibility index (Phi) is 4.77. The Bertz CT molecular complexity index is 475. The summed E-state index contributed by atoms with van der Waals surface area (Å²) in [5.41, 5.74) is 4.96. The Balaban J connectivity index is 2.76. The topological polar surface area (TPSA) is 64.3 Å². The van der Waals surface area contributed by atoms with Gasteiger partial charge in [0, 0.05) is 5.56 Å². The molecule has 1 amide bonds. The fourth-order valence-electron chi connectivity index (χ4n) is 1.21. The molecule has 0 saturated heterocycles. The summed E-state index contributed by atoms with van der Waals surface area (Å²) in [4.78, 5) is 12.0. The fraction of sp³-hybridized carbons (Fsp3) is 0.333. The van der Waals surface area contributed by atoms with Crippen molar-refractivity contribution in [2.45, 2.75) is 26.0 Å². The first kappa shape index (κ1) is 15.3. The highest BCUT2D eigenvalue weighted by atomic mass is 32.1. The van der Waals surface area contributed by atoms with Crippen molar-refractivity contribution in [3.63, 3.8) is 0 Å². The molecule has 1 rings (SSSR count). The number of halogens is 2. The van der Waals surface area contributed by atoms with E-state index in [-0.39, 0.29) is 10.7 Å². The number of hydrogen-bond acceptors (Lipinski definition) is 3. The summed E-state index contributed by atoms with van der Waals surface area (Å²) < 4.78 is 28.1. The fourth-order valence-corrected chi connectivity index (χ4v) is 1.26. The molecule has 0 aliphatic rings. The van der Waals surface area contributed by atoms with Crippen LogP contribution in [-0.2, 0) is 0 Å². The van der Waals surface area contributed by atoms with Crippen LogP contribution in [0.5, 0.6) is 5.75 Å². The van der Waals surface area contributed by atoms with Crippen LogP contribution in [-0.4, -0.2) is 23.0 Å². The zero-order chi connectivity index (χ0) is 14.6. The van der Waals surface area contributed by atoms with E-state index in [1.54, 1.807) is 13.8 Å². The third kappa shape index (κ3) is 4.44. The number of amides is 1. The second-order valence-electron chi connectivity index (χ2n) is 4.35. The molecule has 1 aromatic rings. The van der Waals surface area contributed by atoms with Crippen molar-refractivity contribution in [3.05, 3.63) is 29.8 Å². The average Bonchev–Trinajstić information content (AvgIpc) is 2.28. The Hall–Kier alpha value is -1.76. The van der Waals surface area contributed by atoms with Crippen molar-refractivity contribution in [1.29, 1.82) is 0 Å². The van der Waals surface area contributed by atoms with E-state index in [1.807, 2.05) is 0 Å². The predicted octanol–water partition coefficient (Wildman–Crippen LogP) is 2.08. The van der Waals surface area contributed by atoms with Gasteiger partial charge in [-0.2, -0.15) is 8.78 Å². The number of benzene rings is 1. The first-order chi connectivity index (χ1) is 8.72. The number of rotatable bonds is 5. The van der Waals surface area contributed by atoms with Crippen molar-refractivity contribution in [2.24, 2.45) is 5.73 Å². The molecule has 7 heteroatoms. The summed E-state index contributed by atoms with van der Waals surface area (Å²) in [5.74, 6) is -0.415. The van der Waals surface area contributed by atoms with E-state index in [4.69, 9.17) is 18.0 Å². The zero-order valence-electron chi connectivity index (χ0n) is 10.4. The van der Waals surface area contributed by atoms with Crippen molar-refractivity contribution in [3.8, 4) is 5.75 Å². The van der Waals surface area contributed by atoms with Gasteiger partial charge in [-0.05, 0) is 38.1 Å². The lowest BCUT2D eigenvalue weighted by Gasteiger charge is -2.24. The van der Waals surface area contributed by atoms with Gasteiger partial charge in [-0.3, -0.25) is 4.79 Å². The lowest BCUT2D eigenvalue weighted by atomic mass is 10.0. The molecule has 0 unspecified atom stereocenters. The Morgan fingerprint density at radius 3 is 2.32 bits per heavy atom. The van der Waals surface area contributed by atoms with Crippen LogP contribution >= 0.6 is 12.2 Å². The molecule has 1 aromatic carbocycles.